The number of carbonyl (C=O) groups excluding carboxylic acids is 1. The number of hydrogen-bond acceptors (Lipinski definition) is 5. The number of pyridine rings is 1. The molecule has 0 bridgehead atoms. The van der Waals surface area contributed by atoms with E-state index in [9.17, 15) is 14.9 Å². The van der Waals surface area contributed by atoms with Gasteiger partial charge >= 0.3 is 0 Å². The molecule has 7 heteroatoms. The molecular formula is C17H19N3O4. The van der Waals surface area contributed by atoms with Crippen molar-refractivity contribution in [3.8, 4) is 5.88 Å². The quantitative estimate of drug-likeness (QED) is 0.649. The van der Waals surface area contributed by atoms with Gasteiger partial charge in [-0.15, -0.1) is 0 Å². The summed E-state index contributed by atoms with van der Waals surface area (Å²) in [4.78, 5) is 26.7. The number of nitro groups is 1. The van der Waals surface area contributed by atoms with Gasteiger partial charge in [0.2, 0.25) is 5.88 Å². The Hall–Kier alpha value is -2.96. The van der Waals surface area contributed by atoms with Crippen molar-refractivity contribution in [1.82, 2.24) is 10.3 Å². The molecule has 1 aromatic carbocycles. The van der Waals surface area contributed by atoms with Crippen LogP contribution in [0.25, 0.3) is 0 Å². The van der Waals surface area contributed by atoms with E-state index in [4.69, 9.17) is 4.74 Å². The lowest BCUT2D eigenvalue weighted by Gasteiger charge is -2.16. The molecule has 1 heterocycles. The second-order valence-corrected chi connectivity index (χ2v) is 5.35. The van der Waals surface area contributed by atoms with Gasteiger partial charge in [0, 0.05) is 6.07 Å². The third-order valence-corrected chi connectivity index (χ3v) is 3.46. The van der Waals surface area contributed by atoms with Crippen molar-refractivity contribution in [3.05, 3.63) is 63.3 Å². The number of benzene rings is 1. The number of nitrogens with one attached hydrogen (secondary N) is 1. The number of carbonyl (C=O) groups is 1. The smallest absolute Gasteiger partial charge is 0.288 e. The van der Waals surface area contributed by atoms with Gasteiger partial charge in [-0.3, -0.25) is 14.9 Å². The number of hydrogen-bond donors (Lipinski definition) is 1. The highest BCUT2D eigenvalue weighted by atomic mass is 16.6. The molecule has 0 radical (unpaired) electrons. The summed E-state index contributed by atoms with van der Waals surface area (Å²) in [6.07, 6.45) is 1.08. The van der Waals surface area contributed by atoms with Gasteiger partial charge in [-0.25, -0.2) is 4.98 Å². The molecule has 0 saturated heterocycles. The van der Waals surface area contributed by atoms with E-state index >= 15 is 0 Å². The summed E-state index contributed by atoms with van der Waals surface area (Å²) in [5.74, 6) is -0.388. The van der Waals surface area contributed by atoms with E-state index in [1.54, 1.807) is 6.92 Å². The third-order valence-electron chi connectivity index (χ3n) is 3.46. The van der Waals surface area contributed by atoms with E-state index < -0.39 is 10.8 Å². The maximum atomic E-state index is 12.5. The van der Waals surface area contributed by atoms with Gasteiger partial charge in [0.1, 0.15) is 11.8 Å². The summed E-state index contributed by atoms with van der Waals surface area (Å²) in [7, 11) is 0. The number of nitrogens with zero attached hydrogens (tertiary/aromatic N) is 2. The maximum Gasteiger partial charge on any atom is 0.288 e. The number of rotatable bonds is 6. The highest BCUT2D eigenvalue weighted by molar-refractivity contribution is 5.97. The zero-order chi connectivity index (χ0) is 17.7. The summed E-state index contributed by atoms with van der Waals surface area (Å²) < 4.78 is 5.30. The van der Waals surface area contributed by atoms with Crippen molar-refractivity contribution < 1.29 is 14.5 Å². The number of aryl methyl sites for hydroxylation is 1. The second kappa shape index (κ2) is 7.54. The van der Waals surface area contributed by atoms with Crippen LogP contribution >= 0.6 is 0 Å². The third kappa shape index (κ3) is 4.07. The van der Waals surface area contributed by atoms with Gasteiger partial charge < -0.3 is 10.1 Å². The zero-order valence-electron chi connectivity index (χ0n) is 13.8. The molecule has 7 nitrogen and oxygen atoms in total. The van der Waals surface area contributed by atoms with Gasteiger partial charge in [-0.2, -0.15) is 0 Å². The van der Waals surface area contributed by atoms with Crippen LogP contribution in [0.5, 0.6) is 5.88 Å². The first-order valence-corrected chi connectivity index (χ1v) is 7.57. The molecule has 1 unspecified atom stereocenters. The first kappa shape index (κ1) is 17.4. The van der Waals surface area contributed by atoms with Crippen LogP contribution in [-0.4, -0.2) is 22.4 Å². The minimum atomic E-state index is -0.594. The van der Waals surface area contributed by atoms with Crippen LogP contribution < -0.4 is 10.1 Å². The molecule has 1 atom stereocenters. The lowest BCUT2D eigenvalue weighted by molar-refractivity contribution is -0.385. The van der Waals surface area contributed by atoms with Crippen LogP contribution in [-0.2, 0) is 0 Å². The Morgan fingerprint density at radius 1 is 1.42 bits per heavy atom. The Balaban J connectivity index is 2.27. The van der Waals surface area contributed by atoms with E-state index in [-0.39, 0.29) is 23.2 Å². The van der Waals surface area contributed by atoms with Crippen molar-refractivity contribution in [1.29, 1.82) is 0 Å². The van der Waals surface area contributed by atoms with Crippen LogP contribution in [0.15, 0.2) is 36.5 Å². The van der Waals surface area contributed by atoms with Gasteiger partial charge in [-0.05, 0) is 26.3 Å². The molecule has 1 aromatic heterocycles. The molecule has 0 aliphatic rings. The lowest BCUT2D eigenvalue weighted by atomic mass is 10.1. The lowest BCUT2D eigenvalue weighted by Crippen LogP contribution is -2.27. The minimum absolute atomic E-state index is 0.0468. The zero-order valence-corrected chi connectivity index (χ0v) is 13.8. The summed E-state index contributed by atoms with van der Waals surface area (Å²) in [5, 5.41) is 13.7. The van der Waals surface area contributed by atoms with Crippen molar-refractivity contribution in [2.24, 2.45) is 0 Å². The average Bonchev–Trinajstić information content (AvgIpc) is 2.55. The van der Waals surface area contributed by atoms with Crippen LogP contribution in [0, 0.1) is 17.0 Å². The summed E-state index contributed by atoms with van der Waals surface area (Å²) in [5.41, 5.74) is 1.82. The van der Waals surface area contributed by atoms with Crippen LogP contribution in [0.3, 0.4) is 0 Å². The molecule has 126 valence electrons. The largest absolute Gasteiger partial charge is 0.477 e. The summed E-state index contributed by atoms with van der Waals surface area (Å²) >= 11 is 0. The number of aromatic nitrogens is 1. The monoisotopic (exact) mass is 329 g/mol. The molecule has 1 N–H and O–H groups in total. The van der Waals surface area contributed by atoms with Crippen molar-refractivity contribution in [3.63, 3.8) is 0 Å². The fraction of sp³-hybridized carbons (Fsp3) is 0.294. The van der Waals surface area contributed by atoms with Crippen LogP contribution in [0.1, 0.15) is 41.4 Å². The van der Waals surface area contributed by atoms with Crippen LogP contribution in [0.4, 0.5) is 5.69 Å². The minimum Gasteiger partial charge on any atom is -0.477 e. The van der Waals surface area contributed by atoms with Gasteiger partial charge in [-0.1, -0.05) is 29.8 Å². The molecule has 2 rings (SSSR count). The average molecular weight is 329 g/mol. The van der Waals surface area contributed by atoms with E-state index in [2.05, 4.69) is 10.3 Å². The Morgan fingerprint density at radius 3 is 2.79 bits per heavy atom. The highest BCUT2D eigenvalue weighted by Gasteiger charge is 2.21. The first-order chi connectivity index (χ1) is 11.4. The Labute approximate surface area is 139 Å². The highest BCUT2D eigenvalue weighted by Crippen LogP contribution is 2.22. The van der Waals surface area contributed by atoms with E-state index in [0.29, 0.717) is 6.61 Å². The Kier molecular flexibility index (Phi) is 5.47. The van der Waals surface area contributed by atoms with Gasteiger partial charge in [0.05, 0.1) is 17.6 Å². The Bertz CT molecular complexity index is 761. The standard InChI is InChI=1S/C17H19N3O4/c1-4-24-17-15(9-14(10-18-17)20(22)23)16(21)19-12(3)13-7-5-6-11(2)8-13/h5-10,12H,4H2,1-3H3,(H,19,21). The number of amides is 1. The van der Waals surface area contributed by atoms with E-state index in [1.807, 2.05) is 38.1 Å². The normalized spacial score (nSPS) is 11.6. The Morgan fingerprint density at radius 2 is 2.17 bits per heavy atom. The predicted molar refractivity (Wildman–Crippen MR) is 89.1 cm³/mol. The molecule has 1 amide bonds. The fourth-order valence-electron chi connectivity index (χ4n) is 2.25. The summed E-state index contributed by atoms with van der Waals surface area (Å²) in [6.45, 7) is 5.87. The molecule has 0 fully saturated rings. The number of ether oxygens (including phenoxy) is 1. The van der Waals surface area contributed by atoms with Crippen molar-refractivity contribution >= 4 is 11.6 Å². The van der Waals surface area contributed by atoms with E-state index in [0.717, 1.165) is 17.3 Å². The fourth-order valence-corrected chi connectivity index (χ4v) is 2.25. The van der Waals surface area contributed by atoms with Crippen LogP contribution in [0.2, 0.25) is 0 Å². The van der Waals surface area contributed by atoms with Gasteiger partial charge in [0.15, 0.2) is 0 Å². The summed E-state index contributed by atoms with van der Waals surface area (Å²) in [6, 6.07) is 8.68. The van der Waals surface area contributed by atoms with Crippen molar-refractivity contribution in [2.75, 3.05) is 6.61 Å². The molecule has 0 aliphatic carbocycles. The molecule has 24 heavy (non-hydrogen) atoms. The second-order valence-electron chi connectivity index (χ2n) is 5.35. The molecule has 2 aromatic rings. The molecular weight excluding hydrogens is 310 g/mol. The SMILES string of the molecule is CCOc1ncc([N+](=O)[O-])cc1C(=O)NC(C)c1cccc(C)c1. The molecule has 0 aliphatic heterocycles. The topological polar surface area (TPSA) is 94.4 Å². The predicted octanol–water partition coefficient (Wildman–Crippen LogP) is 3.19. The molecule has 0 spiro atoms. The molecule has 0 saturated carbocycles. The van der Waals surface area contributed by atoms with Gasteiger partial charge in [0.25, 0.3) is 11.6 Å². The maximum absolute atomic E-state index is 12.5. The first-order valence-electron chi connectivity index (χ1n) is 7.57. The van der Waals surface area contributed by atoms with E-state index in [1.165, 1.54) is 6.07 Å². The van der Waals surface area contributed by atoms with Crippen molar-refractivity contribution in [2.45, 2.75) is 26.8 Å².